The molecule has 1 saturated carbocycles. The summed E-state index contributed by atoms with van der Waals surface area (Å²) < 4.78 is 0. The number of carbonyl (C=O) groups excluding carboxylic acids is 1. The van der Waals surface area contributed by atoms with Crippen LogP contribution in [0.25, 0.3) is 0 Å². The molecule has 0 radical (unpaired) electrons. The first-order valence-corrected chi connectivity index (χ1v) is 7.04. The second-order valence-corrected chi connectivity index (χ2v) is 6.41. The smallest absolute Gasteiger partial charge is 0.311 e. The van der Waals surface area contributed by atoms with Gasteiger partial charge in [-0.2, -0.15) is 0 Å². The first-order valence-electron chi connectivity index (χ1n) is 7.04. The van der Waals surface area contributed by atoms with Gasteiger partial charge in [0.15, 0.2) is 0 Å². The second kappa shape index (κ2) is 6.37. The van der Waals surface area contributed by atoms with E-state index in [-0.39, 0.29) is 18.0 Å². The Bertz CT molecular complexity index is 328. The molecule has 0 aromatic rings. The average molecular weight is 270 g/mol. The Kier molecular flexibility index (Phi) is 5.35. The molecule has 4 N–H and O–H groups in total. The molecular formula is C14H26N2O3. The van der Waals surface area contributed by atoms with Crippen molar-refractivity contribution < 1.29 is 14.7 Å². The minimum atomic E-state index is -0.786. The van der Waals surface area contributed by atoms with Gasteiger partial charge in [0.2, 0.25) is 5.91 Å². The monoisotopic (exact) mass is 270 g/mol. The maximum absolute atomic E-state index is 11.7. The maximum atomic E-state index is 11.7. The highest BCUT2D eigenvalue weighted by molar-refractivity contribution is 5.79. The third-order valence-electron chi connectivity index (χ3n) is 3.88. The molecule has 0 aromatic carbocycles. The predicted molar refractivity (Wildman–Crippen MR) is 73.7 cm³/mol. The van der Waals surface area contributed by atoms with E-state index in [0.717, 1.165) is 19.3 Å². The number of rotatable bonds is 6. The molecule has 1 fully saturated rings. The van der Waals surface area contributed by atoms with Crippen molar-refractivity contribution in [3.8, 4) is 0 Å². The van der Waals surface area contributed by atoms with Crippen molar-refractivity contribution in [2.75, 3.05) is 6.54 Å². The lowest BCUT2D eigenvalue weighted by Gasteiger charge is -2.33. The number of nitrogens with two attached hydrogens (primary N) is 1. The molecule has 0 bridgehead atoms. The van der Waals surface area contributed by atoms with Crippen molar-refractivity contribution in [2.45, 2.75) is 64.3 Å². The molecule has 1 aliphatic rings. The molecule has 0 aliphatic heterocycles. The van der Waals surface area contributed by atoms with Gasteiger partial charge in [0.1, 0.15) is 0 Å². The van der Waals surface area contributed by atoms with Crippen LogP contribution in [-0.2, 0) is 9.59 Å². The van der Waals surface area contributed by atoms with Crippen LogP contribution in [0.2, 0.25) is 0 Å². The van der Waals surface area contributed by atoms with Gasteiger partial charge in [-0.25, -0.2) is 0 Å². The lowest BCUT2D eigenvalue weighted by Crippen LogP contribution is -2.44. The van der Waals surface area contributed by atoms with Crippen LogP contribution in [0.15, 0.2) is 0 Å². The second-order valence-electron chi connectivity index (χ2n) is 6.41. The van der Waals surface area contributed by atoms with Crippen molar-refractivity contribution in [1.82, 2.24) is 5.32 Å². The van der Waals surface area contributed by atoms with Crippen molar-refractivity contribution in [3.63, 3.8) is 0 Å². The SMILES string of the molecule is CC(C)(N)CCC(=O)NCC1(C(=O)O)CCCCC1. The van der Waals surface area contributed by atoms with E-state index in [1.807, 2.05) is 13.8 Å². The van der Waals surface area contributed by atoms with Crippen molar-refractivity contribution in [1.29, 1.82) is 0 Å². The van der Waals surface area contributed by atoms with Gasteiger partial charge < -0.3 is 16.2 Å². The molecular weight excluding hydrogens is 244 g/mol. The summed E-state index contributed by atoms with van der Waals surface area (Å²) >= 11 is 0. The number of carbonyl (C=O) groups is 2. The standard InChI is InChI=1S/C14H26N2O3/c1-13(2,15)9-6-11(17)16-10-14(12(18)19)7-4-3-5-8-14/h3-10,15H2,1-2H3,(H,16,17)(H,18,19). The molecule has 1 rings (SSSR count). The van der Waals surface area contributed by atoms with Gasteiger partial charge in [-0.3, -0.25) is 9.59 Å². The topological polar surface area (TPSA) is 92.4 Å². The van der Waals surface area contributed by atoms with E-state index >= 15 is 0 Å². The Morgan fingerprint density at radius 2 is 1.84 bits per heavy atom. The number of carboxylic acid groups (broad SMARTS) is 1. The number of aliphatic carboxylic acids is 1. The third kappa shape index (κ3) is 5.19. The highest BCUT2D eigenvalue weighted by Gasteiger charge is 2.39. The molecule has 0 unspecified atom stereocenters. The Morgan fingerprint density at radius 1 is 1.26 bits per heavy atom. The summed E-state index contributed by atoms with van der Waals surface area (Å²) in [6.07, 6.45) is 5.20. The van der Waals surface area contributed by atoms with Crippen LogP contribution in [0.5, 0.6) is 0 Å². The Labute approximate surface area is 114 Å². The molecule has 1 aliphatic carbocycles. The third-order valence-corrected chi connectivity index (χ3v) is 3.88. The van der Waals surface area contributed by atoms with Gasteiger partial charge >= 0.3 is 5.97 Å². The van der Waals surface area contributed by atoms with Crippen molar-refractivity contribution in [3.05, 3.63) is 0 Å². The molecule has 0 aromatic heterocycles. The van der Waals surface area contributed by atoms with Gasteiger partial charge in [-0.1, -0.05) is 19.3 Å². The van der Waals surface area contributed by atoms with E-state index in [1.54, 1.807) is 0 Å². The van der Waals surface area contributed by atoms with Crippen LogP contribution in [0, 0.1) is 5.41 Å². The summed E-state index contributed by atoms with van der Waals surface area (Å²) in [5, 5.41) is 12.2. The van der Waals surface area contributed by atoms with E-state index < -0.39 is 11.4 Å². The lowest BCUT2D eigenvalue weighted by molar-refractivity contribution is -0.151. The molecule has 0 spiro atoms. The summed E-state index contributed by atoms with van der Waals surface area (Å²) in [5.74, 6) is -0.892. The van der Waals surface area contributed by atoms with Crippen LogP contribution < -0.4 is 11.1 Å². The van der Waals surface area contributed by atoms with Gasteiger partial charge in [0, 0.05) is 18.5 Å². The normalized spacial score (nSPS) is 18.9. The van der Waals surface area contributed by atoms with Crippen LogP contribution in [0.1, 0.15) is 58.8 Å². The summed E-state index contributed by atoms with van der Waals surface area (Å²) in [6, 6.07) is 0. The molecule has 0 saturated heterocycles. The van der Waals surface area contributed by atoms with Gasteiger partial charge in [0.05, 0.1) is 5.41 Å². The quantitative estimate of drug-likeness (QED) is 0.684. The zero-order valence-corrected chi connectivity index (χ0v) is 12.0. The first-order chi connectivity index (χ1) is 8.75. The van der Waals surface area contributed by atoms with Crippen LogP contribution in [0.4, 0.5) is 0 Å². The maximum Gasteiger partial charge on any atom is 0.311 e. The molecule has 0 heterocycles. The van der Waals surface area contributed by atoms with Gasteiger partial charge in [0.25, 0.3) is 0 Å². The largest absolute Gasteiger partial charge is 0.481 e. The number of hydrogen-bond donors (Lipinski definition) is 3. The Hall–Kier alpha value is -1.10. The number of carboxylic acids is 1. The number of nitrogens with one attached hydrogen (secondary N) is 1. The molecule has 1 amide bonds. The Morgan fingerprint density at radius 3 is 2.32 bits per heavy atom. The van der Waals surface area contributed by atoms with Crippen LogP contribution in [-0.4, -0.2) is 29.1 Å². The fourth-order valence-corrected chi connectivity index (χ4v) is 2.49. The van der Waals surface area contributed by atoms with Crippen LogP contribution in [0.3, 0.4) is 0 Å². The molecule has 19 heavy (non-hydrogen) atoms. The van der Waals surface area contributed by atoms with E-state index in [4.69, 9.17) is 5.73 Å². The highest BCUT2D eigenvalue weighted by Crippen LogP contribution is 2.36. The zero-order valence-electron chi connectivity index (χ0n) is 12.0. The zero-order chi connectivity index (χ0) is 14.5. The predicted octanol–water partition coefficient (Wildman–Crippen LogP) is 1.66. The fraction of sp³-hybridized carbons (Fsp3) is 0.857. The van der Waals surface area contributed by atoms with Crippen LogP contribution >= 0.6 is 0 Å². The highest BCUT2D eigenvalue weighted by atomic mass is 16.4. The van der Waals surface area contributed by atoms with Crippen molar-refractivity contribution >= 4 is 11.9 Å². The first kappa shape index (κ1) is 16.0. The van der Waals surface area contributed by atoms with Crippen molar-refractivity contribution in [2.24, 2.45) is 11.1 Å². The number of amides is 1. The van der Waals surface area contributed by atoms with E-state index in [0.29, 0.717) is 25.7 Å². The summed E-state index contributed by atoms with van der Waals surface area (Å²) in [6.45, 7) is 3.99. The van der Waals surface area contributed by atoms with Gasteiger partial charge in [-0.15, -0.1) is 0 Å². The lowest BCUT2D eigenvalue weighted by atomic mass is 9.74. The average Bonchev–Trinajstić information content (AvgIpc) is 2.34. The summed E-state index contributed by atoms with van der Waals surface area (Å²) in [5.41, 5.74) is 4.70. The fourth-order valence-electron chi connectivity index (χ4n) is 2.49. The van der Waals surface area contributed by atoms with E-state index in [9.17, 15) is 14.7 Å². The molecule has 5 heteroatoms. The van der Waals surface area contributed by atoms with Gasteiger partial charge in [-0.05, 0) is 33.1 Å². The van der Waals surface area contributed by atoms with E-state index in [1.165, 1.54) is 0 Å². The summed E-state index contributed by atoms with van der Waals surface area (Å²) in [4.78, 5) is 23.2. The minimum absolute atomic E-state index is 0.107. The van der Waals surface area contributed by atoms with E-state index in [2.05, 4.69) is 5.32 Å². The minimum Gasteiger partial charge on any atom is -0.481 e. The Balaban J connectivity index is 2.44. The molecule has 5 nitrogen and oxygen atoms in total. The molecule has 0 atom stereocenters. The number of hydrogen-bond acceptors (Lipinski definition) is 3. The summed E-state index contributed by atoms with van der Waals surface area (Å²) in [7, 11) is 0. The molecule has 110 valence electrons.